The number of aryl methyl sites for hydroxylation is 1. The number of likely N-dealkylation sites (tertiary alicyclic amines) is 1. The Morgan fingerprint density at radius 3 is 2.57 bits per heavy atom. The predicted molar refractivity (Wildman–Crippen MR) is 164 cm³/mol. The van der Waals surface area contributed by atoms with Gasteiger partial charge in [-0.2, -0.15) is 0 Å². The summed E-state index contributed by atoms with van der Waals surface area (Å²) in [5.41, 5.74) is 2.21. The van der Waals surface area contributed by atoms with Crippen molar-refractivity contribution in [1.82, 2.24) is 20.5 Å². The normalized spacial score (nSPS) is 19.2. The van der Waals surface area contributed by atoms with Crippen molar-refractivity contribution in [3.05, 3.63) is 95.8 Å². The zero-order valence-corrected chi connectivity index (χ0v) is 24.5. The standard InChI is InChI=1S/C34H34N4O6/c1-42-31-16-22-8-12-30(31)43-21-33(40)37-28-20-38(34(41)27-17-24-4-2-3-5-25(24)19-35-27)15-14-29(28)44-26-10-6-23(7-11-26)18-36-32(39)13-9-22/h2-8,10-12,16-17,19,28-29H,9,13-15,18,20-21H2,1H3,(H,36,39)(H,37,40)/t28-,29-/m1/s1. The molecule has 5 aliphatic rings. The lowest BCUT2D eigenvalue weighted by molar-refractivity contribution is -0.125. The van der Waals surface area contributed by atoms with Crippen molar-refractivity contribution in [1.29, 1.82) is 0 Å². The lowest BCUT2D eigenvalue weighted by Crippen LogP contribution is -2.58. The highest BCUT2D eigenvalue weighted by Gasteiger charge is 2.35. The van der Waals surface area contributed by atoms with E-state index in [1.807, 2.05) is 60.7 Å². The number of carbonyl (C=O) groups is 3. The summed E-state index contributed by atoms with van der Waals surface area (Å²) in [6.07, 6.45) is 2.67. The highest BCUT2D eigenvalue weighted by atomic mass is 16.5. The fourth-order valence-electron chi connectivity index (χ4n) is 5.54. The quantitative estimate of drug-likeness (QED) is 0.364. The van der Waals surface area contributed by atoms with Crippen molar-refractivity contribution < 1.29 is 28.6 Å². The highest BCUT2D eigenvalue weighted by Crippen LogP contribution is 2.29. The summed E-state index contributed by atoms with van der Waals surface area (Å²) >= 11 is 0. The Bertz CT molecular complexity index is 1670. The smallest absolute Gasteiger partial charge is 0.272 e. The SMILES string of the molecule is COc1cc2ccc1OCC(=O)N[C@@H]1CN(C(=O)c3cc4ccccc4cn3)CC[C@H]1Oc1ccc(cc1)CNC(=O)CC2. The molecule has 9 rings (SSSR count). The maximum atomic E-state index is 13.5. The first kappa shape index (κ1) is 29.0. The molecule has 5 aliphatic heterocycles. The lowest BCUT2D eigenvalue weighted by atomic mass is 10.0. The molecule has 2 atom stereocenters. The third-order valence-electron chi connectivity index (χ3n) is 7.96. The Kier molecular flexibility index (Phi) is 8.58. The molecule has 1 fully saturated rings. The zero-order valence-electron chi connectivity index (χ0n) is 24.5. The van der Waals surface area contributed by atoms with Crippen LogP contribution >= 0.6 is 0 Å². The lowest BCUT2D eigenvalue weighted by Gasteiger charge is -2.38. The van der Waals surface area contributed by atoms with Crippen molar-refractivity contribution in [2.75, 3.05) is 26.8 Å². The van der Waals surface area contributed by atoms with E-state index in [2.05, 4.69) is 15.6 Å². The Labute approximate surface area is 255 Å². The summed E-state index contributed by atoms with van der Waals surface area (Å²) in [5.74, 6) is 0.911. The van der Waals surface area contributed by atoms with Crippen molar-refractivity contribution in [3.8, 4) is 17.2 Å². The van der Waals surface area contributed by atoms with Crippen LogP contribution < -0.4 is 24.8 Å². The molecule has 4 bridgehead atoms. The number of aromatic nitrogens is 1. The average molecular weight is 595 g/mol. The van der Waals surface area contributed by atoms with Crippen molar-refractivity contribution in [3.63, 3.8) is 0 Å². The summed E-state index contributed by atoms with van der Waals surface area (Å²) in [6.45, 7) is 0.827. The number of amides is 3. The molecule has 44 heavy (non-hydrogen) atoms. The maximum Gasteiger partial charge on any atom is 0.272 e. The molecule has 2 N–H and O–H groups in total. The summed E-state index contributed by atoms with van der Waals surface area (Å²) in [7, 11) is 1.53. The van der Waals surface area contributed by atoms with Gasteiger partial charge in [-0.3, -0.25) is 19.4 Å². The molecule has 0 aliphatic carbocycles. The molecular formula is C34H34N4O6. The van der Waals surface area contributed by atoms with E-state index in [-0.39, 0.29) is 30.9 Å². The third-order valence-corrected chi connectivity index (χ3v) is 7.96. The summed E-state index contributed by atoms with van der Waals surface area (Å²) < 4.78 is 17.7. The van der Waals surface area contributed by atoms with Crippen molar-refractivity contribution in [2.45, 2.75) is 38.0 Å². The third kappa shape index (κ3) is 6.75. The second-order valence-corrected chi connectivity index (χ2v) is 11.0. The minimum atomic E-state index is -0.502. The van der Waals surface area contributed by atoms with Gasteiger partial charge in [0.2, 0.25) is 5.91 Å². The molecular weight excluding hydrogens is 560 g/mol. The molecule has 3 amide bonds. The van der Waals surface area contributed by atoms with Gasteiger partial charge in [-0.15, -0.1) is 0 Å². The van der Waals surface area contributed by atoms with Gasteiger partial charge >= 0.3 is 0 Å². The number of hydrogen-bond acceptors (Lipinski definition) is 7. The van der Waals surface area contributed by atoms with Crippen LogP contribution in [0.25, 0.3) is 10.8 Å². The number of hydrogen-bond donors (Lipinski definition) is 2. The molecule has 1 saturated heterocycles. The summed E-state index contributed by atoms with van der Waals surface area (Å²) in [4.78, 5) is 45.3. The Morgan fingerprint density at radius 1 is 0.955 bits per heavy atom. The Hall–Kier alpha value is -5.12. The number of fused-ring (bicyclic) bond motifs is 1. The molecule has 10 heteroatoms. The number of ether oxygens (including phenoxy) is 3. The predicted octanol–water partition coefficient (Wildman–Crippen LogP) is 3.66. The number of piperidine rings is 1. The van der Waals surface area contributed by atoms with Gasteiger partial charge in [-0.1, -0.05) is 42.5 Å². The van der Waals surface area contributed by atoms with E-state index in [4.69, 9.17) is 14.2 Å². The fourth-order valence-corrected chi connectivity index (χ4v) is 5.54. The van der Waals surface area contributed by atoms with Crippen LogP contribution in [0.3, 0.4) is 0 Å². The molecule has 0 radical (unpaired) electrons. The summed E-state index contributed by atoms with van der Waals surface area (Å²) in [5, 5.41) is 7.89. The van der Waals surface area contributed by atoms with E-state index in [0.717, 1.165) is 21.9 Å². The van der Waals surface area contributed by atoms with Crippen LogP contribution in [0.1, 0.15) is 34.5 Å². The molecule has 0 spiro atoms. The first-order valence-corrected chi connectivity index (χ1v) is 14.7. The molecule has 0 unspecified atom stereocenters. The Balaban J connectivity index is 1.23. The van der Waals surface area contributed by atoms with Crippen LogP contribution in [0.15, 0.2) is 79.0 Å². The number of benzene rings is 3. The molecule has 3 aromatic carbocycles. The van der Waals surface area contributed by atoms with E-state index in [1.165, 1.54) is 7.11 Å². The van der Waals surface area contributed by atoms with Crippen molar-refractivity contribution in [2.24, 2.45) is 0 Å². The second-order valence-electron chi connectivity index (χ2n) is 11.0. The van der Waals surface area contributed by atoms with Gasteiger partial charge in [0.25, 0.3) is 11.8 Å². The van der Waals surface area contributed by atoms with Crippen LogP contribution in [0.4, 0.5) is 0 Å². The molecule has 0 saturated carbocycles. The molecule has 226 valence electrons. The molecule has 1 aromatic heterocycles. The van der Waals surface area contributed by atoms with Crippen LogP contribution in [-0.2, 0) is 22.6 Å². The minimum absolute atomic E-state index is 0.0567. The maximum absolute atomic E-state index is 13.5. The van der Waals surface area contributed by atoms with E-state index in [1.54, 1.807) is 23.2 Å². The monoisotopic (exact) mass is 594 g/mol. The minimum Gasteiger partial charge on any atom is -0.493 e. The van der Waals surface area contributed by atoms with Crippen LogP contribution in [0.5, 0.6) is 17.2 Å². The van der Waals surface area contributed by atoms with Gasteiger partial charge in [0.1, 0.15) is 17.5 Å². The average Bonchev–Trinajstić information content (AvgIpc) is 3.06. The van der Waals surface area contributed by atoms with Crippen molar-refractivity contribution >= 4 is 28.5 Å². The number of methoxy groups -OCH3 is 1. The number of rotatable bonds is 2. The first-order chi connectivity index (χ1) is 21.4. The van der Waals surface area contributed by atoms with Gasteiger partial charge < -0.3 is 29.7 Å². The van der Waals surface area contributed by atoms with Gasteiger partial charge in [0.15, 0.2) is 18.1 Å². The van der Waals surface area contributed by atoms with E-state index < -0.39 is 12.1 Å². The van der Waals surface area contributed by atoms with Crippen LogP contribution in [0.2, 0.25) is 0 Å². The number of nitrogens with one attached hydrogen (secondary N) is 2. The van der Waals surface area contributed by atoms with E-state index >= 15 is 0 Å². The number of pyridine rings is 1. The van der Waals surface area contributed by atoms with Gasteiger partial charge in [0, 0.05) is 44.1 Å². The largest absolute Gasteiger partial charge is 0.493 e. The van der Waals surface area contributed by atoms with Gasteiger partial charge in [0.05, 0.1) is 13.2 Å². The summed E-state index contributed by atoms with van der Waals surface area (Å²) in [6, 6.07) is 22.0. The van der Waals surface area contributed by atoms with Gasteiger partial charge in [-0.05, 0) is 53.3 Å². The topological polar surface area (TPSA) is 119 Å². The zero-order chi connectivity index (χ0) is 30.5. The first-order valence-electron chi connectivity index (χ1n) is 14.7. The fraction of sp³-hybridized carbons (Fsp3) is 0.294. The van der Waals surface area contributed by atoms with Gasteiger partial charge in [-0.25, -0.2) is 0 Å². The number of carbonyl (C=O) groups excluding carboxylic acids is 3. The molecule has 4 aromatic rings. The number of nitrogens with zero attached hydrogens (tertiary/aromatic N) is 2. The molecule has 10 nitrogen and oxygen atoms in total. The highest BCUT2D eigenvalue weighted by molar-refractivity contribution is 5.96. The Morgan fingerprint density at radius 2 is 1.75 bits per heavy atom. The molecule has 6 heterocycles. The van der Waals surface area contributed by atoms with Crippen LogP contribution in [-0.4, -0.2) is 66.6 Å². The second kappa shape index (κ2) is 13.0. The van der Waals surface area contributed by atoms with E-state index in [0.29, 0.717) is 55.3 Å². The van der Waals surface area contributed by atoms with Crippen LogP contribution in [0, 0.1) is 0 Å². The van der Waals surface area contributed by atoms with E-state index in [9.17, 15) is 14.4 Å².